The third-order valence-corrected chi connectivity index (χ3v) is 5.00. The molecule has 0 bridgehead atoms. The number of nitrogens with one attached hydrogen (secondary N) is 2. The summed E-state index contributed by atoms with van der Waals surface area (Å²) in [6.07, 6.45) is 11.5. The van der Waals surface area contributed by atoms with E-state index < -0.39 is 5.97 Å². The van der Waals surface area contributed by atoms with E-state index in [-0.39, 0.29) is 11.8 Å². The van der Waals surface area contributed by atoms with Gasteiger partial charge >= 0.3 is 5.97 Å². The lowest BCUT2D eigenvalue weighted by Gasteiger charge is -2.14. The van der Waals surface area contributed by atoms with Crippen molar-refractivity contribution in [3.8, 4) is 0 Å². The third-order valence-electron chi connectivity index (χ3n) is 5.00. The van der Waals surface area contributed by atoms with Crippen molar-refractivity contribution in [2.45, 2.75) is 90.9 Å². The molecule has 1 rings (SSSR count). The van der Waals surface area contributed by atoms with Gasteiger partial charge in [0.1, 0.15) is 0 Å². The molecular formula is C24H38N2O4. The van der Waals surface area contributed by atoms with Gasteiger partial charge in [-0.15, -0.1) is 0 Å². The van der Waals surface area contributed by atoms with Gasteiger partial charge < -0.3 is 15.4 Å². The van der Waals surface area contributed by atoms with Gasteiger partial charge in [0.05, 0.1) is 24.0 Å². The van der Waals surface area contributed by atoms with E-state index in [9.17, 15) is 14.4 Å². The molecule has 0 spiro atoms. The van der Waals surface area contributed by atoms with Crippen LogP contribution < -0.4 is 10.6 Å². The fourth-order valence-corrected chi connectivity index (χ4v) is 3.21. The minimum Gasteiger partial charge on any atom is -0.465 e. The van der Waals surface area contributed by atoms with Crippen molar-refractivity contribution >= 4 is 29.2 Å². The van der Waals surface area contributed by atoms with E-state index in [2.05, 4.69) is 24.5 Å². The highest BCUT2D eigenvalue weighted by Crippen LogP contribution is 2.25. The van der Waals surface area contributed by atoms with Crippen molar-refractivity contribution in [3.63, 3.8) is 0 Å². The predicted molar refractivity (Wildman–Crippen MR) is 122 cm³/mol. The van der Waals surface area contributed by atoms with Gasteiger partial charge in [-0.05, 0) is 31.0 Å². The number of unbranched alkanes of at least 4 members (excludes halogenated alkanes) is 8. The number of carbonyl (C=O) groups is 3. The standard InChI is InChI=1S/C24H38N2O4/c1-4-6-8-10-12-14-22(27)25-20-17-16-19(24(29)30-3)18-21(20)26-23(28)15-13-11-9-7-5-2/h16-18H,4-15H2,1-3H3,(H,25,27)(H,26,28). The third kappa shape index (κ3) is 10.4. The second-order valence-electron chi connectivity index (χ2n) is 7.68. The Morgan fingerprint density at radius 1 is 0.733 bits per heavy atom. The number of ether oxygens (including phenoxy) is 1. The van der Waals surface area contributed by atoms with Crippen LogP contribution in [0, 0.1) is 0 Å². The average Bonchev–Trinajstić information content (AvgIpc) is 2.74. The fraction of sp³-hybridized carbons (Fsp3) is 0.625. The molecule has 0 aliphatic carbocycles. The van der Waals surface area contributed by atoms with E-state index >= 15 is 0 Å². The minimum atomic E-state index is -0.487. The summed E-state index contributed by atoms with van der Waals surface area (Å²) < 4.78 is 4.77. The van der Waals surface area contributed by atoms with Crippen LogP contribution in [0.25, 0.3) is 0 Å². The number of rotatable bonds is 15. The lowest BCUT2D eigenvalue weighted by atomic mass is 10.1. The molecule has 168 valence electrons. The van der Waals surface area contributed by atoms with Crippen molar-refractivity contribution < 1.29 is 19.1 Å². The minimum absolute atomic E-state index is 0.0904. The molecule has 0 aliphatic heterocycles. The molecule has 1 aromatic rings. The Labute approximate surface area is 181 Å². The summed E-state index contributed by atoms with van der Waals surface area (Å²) in [5, 5.41) is 5.72. The fourth-order valence-electron chi connectivity index (χ4n) is 3.21. The monoisotopic (exact) mass is 418 g/mol. The number of amides is 2. The summed E-state index contributed by atoms with van der Waals surface area (Å²) in [4.78, 5) is 36.5. The molecule has 2 N–H and O–H groups in total. The summed E-state index contributed by atoms with van der Waals surface area (Å²) >= 11 is 0. The van der Waals surface area contributed by atoms with E-state index in [4.69, 9.17) is 4.74 Å². The molecular weight excluding hydrogens is 380 g/mol. The molecule has 2 amide bonds. The molecule has 1 aromatic carbocycles. The van der Waals surface area contributed by atoms with E-state index in [1.54, 1.807) is 18.2 Å². The van der Waals surface area contributed by atoms with Crippen molar-refractivity contribution in [1.29, 1.82) is 0 Å². The van der Waals surface area contributed by atoms with Gasteiger partial charge in [0.15, 0.2) is 0 Å². The number of anilines is 2. The molecule has 0 heterocycles. The van der Waals surface area contributed by atoms with Crippen molar-refractivity contribution in [2.24, 2.45) is 0 Å². The first-order chi connectivity index (χ1) is 14.5. The highest BCUT2D eigenvalue weighted by atomic mass is 16.5. The zero-order valence-electron chi connectivity index (χ0n) is 18.9. The summed E-state index contributed by atoms with van der Waals surface area (Å²) in [6, 6.07) is 4.78. The number of hydrogen-bond donors (Lipinski definition) is 2. The van der Waals surface area contributed by atoms with E-state index in [0.717, 1.165) is 44.9 Å². The van der Waals surface area contributed by atoms with Gasteiger partial charge in [-0.3, -0.25) is 9.59 Å². The van der Waals surface area contributed by atoms with Crippen LogP contribution in [0.1, 0.15) is 101 Å². The molecule has 0 saturated carbocycles. The Hall–Kier alpha value is -2.37. The zero-order chi connectivity index (χ0) is 22.2. The van der Waals surface area contributed by atoms with Crippen LogP contribution in [-0.4, -0.2) is 24.9 Å². The first kappa shape index (κ1) is 25.7. The second-order valence-corrected chi connectivity index (χ2v) is 7.68. The molecule has 0 unspecified atom stereocenters. The summed E-state index contributed by atoms with van der Waals surface area (Å²) in [6.45, 7) is 4.31. The number of carbonyl (C=O) groups excluding carboxylic acids is 3. The predicted octanol–water partition coefficient (Wildman–Crippen LogP) is 6.07. The van der Waals surface area contributed by atoms with Gasteiger partial charge in [0.25, 0.3) is 0 Å². The van der Waals surface area contributed by atoms with Gasteiger partial charge in [-0.2, -0.15) is 0 Å². The Bertz CT molecular complexity index is 673. The smallest absolute Gasteiger partial charge is 0.337 e. The number of methoxy groups -OCH3 is 1. The van der Waals surface area contributed by atoms with Gasteiger partial charge in [-0.1, -0.05) is 65.2 Å². The zero-order valence-corrected chi connectivity index (χ0v) is 18.9. The van der Waals surface area contributed by atoms with Crippen LogP contribution in [0.5, 0.6) is 0 Å². The van der Waals surface area contributed by atoms with Crippen molar-refractivity contribution in [1.82, 2.24) is 0 Å². The molecule has 6 heteroatoms. The largest absolute Gasteiger partial charge is 0.465 e. The SMILES string of the molecule is CCCCCCCC(=O)Nc1ccc(C(=O)OC)cc1NC(=O)CCCCCCC. The molecule has 0 fully saturated rings. The van der Waals surface area contributed by atoms with Crippen LogP contribution >= 0.6 is 0 Å². The van der Waals surface area contributed by atoms with Crippen LogP contribution in [0.2, 0.25) is 0 Å². The maximum Gasteiger partial charge on any atom is 0.337 e. The first-order valence-corrected chi connectivity index (χ1v) is 11.3. The normalized spacial score (nSPS) is 10.5. The molecule has 0 radical (unpaired) electrons. The lowest BCUT2D eigenvalue weighted by Crippen LogP contribution is -2.17. The molecule has 0 aliphatic rings. The van der Waals surface area contributed by atoms with Crippen molar-refractivity contribution in [2.75, 3.05) is 17.7 Å². The van der Waals surface area contributed by atoms with Crippen LogP contribution in [0.4, 0.5) is 11.4 Å². The Morgan fingerprint density at radius 2 is 1.23 bits per heavy atom. The van der Waals surface area contributed by atoms with Crippen LogP contribution in [0.15, 0.2) is 18.2 Å². The summed E-state index contributed by atoms with van der Waals surface area (Å²) in [5.41, 5.74) is 1.25. The Balaban J connectivity index is 2.71. The molecule has 6 nitrogen and oxygen atoms in total. The quantitative estimate of drug-likeness (QED) is 0.267. The Morgan fingerprint density at radius 3 is 1.73 bits per heavy atom. The van der Waals surface area contributed by atoms with Crippen molar-refractivity contribution in [3.05, 3.63) is 23.8 Å². The number of hydrogen-bond acceptors (Lipinski definition) is 4. The van der Waals surface area contributed by atoms with E-state index in [1.807, 2.05) is 0 Å². The number of benzene rings is 1. The second kappa shape index (κ2) is 15.5. The van der Waals surface area contributed by atoms with Crippen LogP contribution in [0.3, 0.4) is 0 Å². The molecule has 30 heavy (non-hydrogen) atoms. The maximum atomic E-state index is 12.4. The van der Waals surface area contributed by atoms with E-state index in [0.29, 0.717) is 29.8 Å². The van der Waals surface area contributed by atoms with Crippen LogP contribution in [-0.2, 0) is 14.3 Å². The van der Waals surface area contributed by atoms with Gasteiger partial charge in [-0.25, -0.2) is 4.79 Å². The highest BCUT2D eigenvalue weighted by molar-refractivity contribution is 6.01. The summed E-state index contributed by atoms with van der Waals surface area (Å²) in [5.74, 6) is -0.699. The van der Waals surface area contributed by atoms with E-state index in [1.165, 1.54) is 26.4 Å². The molecule has 0 saturated heterocycles. The highest BCUT2D eigenvalue weighted by Gasteiger charge is 2.14. The van der Waals surface area contributed by atoms with Gasteiger partial charge in [0.2, 0.25) is 11.8 Å². The first-order valence-electron chi connectivity index (χ1n) is 11.3. The molecule has 0 aromatic heterocycles. The summed E-state index contributed by atoms with van der Waals surface area (Å²) in [7, 11) is 1.31. The maximum absolute atomic E-state index is 12.4. The Kier molecular flexibility index (Phi) is 13.2. The topological polar surface area (TPSA) is 84.5 Å². The average molecular weight is 419 g/mol. The number of esters is 1. The lowest BCUT2D eigenvalue weighted by molar-refractivity contribution is -0.117. The van der Waals surface area contributed by atoms with Gasteiger partial charge in [0, 0.05) is 12.8 Å². The molecule has 0 atom stereocenters.